The fourth-order valence-corrected chi connectivity index (χ4v) is 3.79. The minimum atomic E-state index is -0.229. The molecule has 2 heterocycles. The van der Waals surface area contributed by atoms with E-state index in [0.29, 0.717) is 24.9 Å². The summed E-state index contributed by atoms with van der Waals surface area (Å²) in [4.78, 5) is 21.7. The van der Waals surface area contributed by atoms with E-state index in [9.17, 15) is 4.79 Å². The van der Waals surface area contributed by atoms with E-state index in [1.54, 1.807) is 12.0 Å². The van der Waals surface area contributed by atoms with Crippen molar-refractivity contribution < 1.29 is 19.0 Å². The second-order valence-electron chi connectivity index (χ2n) is 6.02. The summed E-state index contributed by atoms with van der Waals surface area (Å²) >= 11 is 1.48. The second kappa shape index (κ2) is 9.05. The minimum Gasteiger partial charge on any atom is -0.497 e. The monoisotopic (exact) mass is 391 g/mol. The smallest absolute Gasteiger partial charge is 0.298 e. The van der Waals surface area contributed by atoms with Crippen LogP contribution in [0.25, 0.3) is 10.2 Å². The maximum atomic E-state index is 13.1. The fraction of sp³-hybridized carbons (Fsp3) is 0.474. The summed E-state index contributed by atoms with van der Waals surface area (Å²) in [6.07, 6.45) is 1.40. The van der Waals surface area contributed by atoms with Gasteiger partial charge in [0.15, 0.2) is 5.13 Å². The average Bonchev–Trinajstić information content (AvgIpc) is 3.14. The van der Waals surface area contributed by atoms with Crippen LogP contribution in [-0.2, 0) is 14.3 Å². The number of fused-ring (bicyclic) bond motifs is 1. The molecule has 1 aliphatic heterocycles. The molecule has 0 aliphatic carbocycles. The summed E-state index contributed by atoms with van der Waals surface area (Å²) in [6.45, 7) is 8.19. The molecule has 8 heteroatoms. The van der Waals surface area contributed by atoms with Crippen LogP contribution in [0.2, 0.25) is 0 Å². The maximum Gasteiger partial charge on any atom is 0.298 e. The van der Waals surface area contributed by atoms with Crippen molar-refractivity contribution in [3.8, 4) is 5.75 Å². The van der Waals surface area contributed by atoms with Crippen molar-refractivity contribution in [3.05, 3.63) is 30.2 Å². The molecule has 0 bridgehead atoms. The number of ether oxygens (including phenoxy) is 3. The molecule has 2 aromatic rings. The molecule has 1 aromatic heterocycles. The van der Waals surface area contributed by atoms with E-state index in [4.69, 9.17) is 14.2 Å². The zero-order valence-corrected chi connectivity index (χ0v) is 16.8. The Morgan fingerprint density at radius 2 is 2.07 bits per heavy atom. The first kappa shape index (κ1) is 19.4. The molecule has 0 unspecified atom stereocenters. The van der Waals surface area contributed by atoms with Crippen molar-refractivity contribution in [2.45, 2.75) is 13.8 Å². The van der Waals surface area contributed by atoms with E-state index in [2.05, 4.69) is 23.7 Å². The first-order valence-electron chi connectivity index (χ1n) is 9.09. The van der Waals surface area contributed by atoms with E-state index in [1.807, 2.05) is 18.2 Å². The highest BCUT2D eigenvalue weighted by atomic mass is 32.1. The Balaban J connectivity index is 1.90. The second-order valence-corrected chi connectivity index (χ2v) is 7.02. The lowest BCUT2D eigenvalue weighted by Gasteiger charge is -2.26. The summed E-state index contributed by atoms with van der Waals surface area (Å²) in [5.41, 5.74) is 0.810. The average molecular weight is 391 g/mol. The zero-order valence-electron chi connectivity index (χ0n) is 15.9. The molecule has 1 amide bonds. The largest absolute Gasteiger partial charge is 0.497 e. The number of likely N-dealkylation sites (N-methyl/N-ethyl adjacent to an activating group) is 1. The summed E-state index contributed by atoms with van der Waals surface area (Å²) in [5.74, 6) is 0.734. The molecule has 1 aromatic carbocycles. The van der Waals surface area contributed by atoms with Crippen LogP contribution in [0.5, 0.6) is 5.75 Å². The molecule has 3 rings (SSSR count). The lowest BCUT2D eigenvalue weighted by Crippen LogP contribution is -2.40. The number of rotatable bonds is 8. The van der Waals surface area contributed by atoms with Gasteiger partial charge >= 0.3 is 0 Å². The molecule has 27 heavy (non-hydrogen) atoms. The third kappa shape index (κ3) is 4.51. The van der Waals surface area contributed by atoms with Gasteiger partial charge in [-0.05, 0) is 25.2 Å². The number of carbonyl (C=O) groups is 1. The van der Waals surface area contributed by atoms with Gasteiger partial charge in [0.25, 0.3) is 5.91 Å². The number of amides is 1. The quantitative estimate of drug-likeness (QED) is 0.690. The van der Waals surface area contributed by atoms with Gasteiger partial charge in [0, 0.05) is 19.2 Å². The number of anilines is 1. The van der Waals surface area contributed by atoms with E-state index in [1.165, 1.54) is 17.6 Å². The van der Waals surface area contributed by atoms with Crippen LogP contribution < -0.4 is 9.64 Å². The number of carbonyl (C=O) groups excluding carboxylic acids is 1. The highest BCUT2D eigenvalue weighted by molar-refractivity contribution is 7.22. The molecule has 0 saturated heterocycles. The van der Waals surface area contributed by atoms with Crippen LogP contribution in [-0.4, -0.2) is 62.3 Å². The van der Waals surface area contributed by atoms with Crippen molar-refractivity contribution in [2.75, 3.05) is 51.4 Å². The molecule has 0 fully saturated rings. The number of hydrogen-bond acceptors (Lipinski definition) is 7. The predicted octanol–water partition coefficient (Wildman–Crippen LogP) is 2.87. The van der Waals surface area contributed by atoms with Crippen LogP contribution in [0, 0.1) is 0 Å². The lowest BCUT2D eigenvalue weighted by molar-refractivity contribution is -0.119. The molecule has 0 N–H and O–H groups in total. The highest BCUT2D eigenvalue weighted by Gasteiger charge is 2.26. The Hall–Kier alpha value is -2.32. The van der Waals surface area contributed by atoms with Gasteiger partial charge in [-0.2, -0.15) is 0 Å². The fourth-order valence-electron chi connectivity index (χ4n) is 2.82. The molecule has 0 spiro atoms. The number of hydrogen-bond donors (Lipinski definition) is 0. The first-order chi connectivity index (χ1) is 13.2. The highest BCUT2D eigenvalue weighted by Crippen LogP contribution is 2.32. The number of aromatic nitrogens is 1. The molecular formula is C19H25N3O4S. The van der Waals surface area contributed by atoms with Crippen LogP contribution in [0.1, 0.15) is 13.8 Å². The molecular weight excluding hydrogens is 366 g/mol. The van der Waals surface area contributed by atoms with Gasteiger partial charge in [0.1, 0.15) is 25.2 Å². The molecule has 1 aliphatic rings. The molecule has 0 atom stereocenters. The van der Waals surface area contributed by atoms with Gasteiger partial charge in [-0.3, -0.25) is 9.69 Å². The third-order valence-corrected chi connectivity index (χ3v) is 5.51. The number of methoxy groups -OCH3 is 1. The summed E-state index contributed by atoms with van der Waals surface area (Å²) < 4.78 is 17.0. The topological polar surface area (TPSA) is 64.1 Å². The maximum absolute atomic E-state index is 13.1. The molecule has 0 radical (unpaired) electrons. The molecule has 7 nitrogen and oxygen atoms in total. The van der Waals surface area contributed by atoms with Gasteiger partial charge in [-0.25, -0.2) is 4.98 Å². The summed E-state index contributed by atoms with van der Waals surface area (Å²) in [7, 11) is 1.63. The van der Waals surface area contributed by atoms with Crippen LogP contribution in [0.4, 0.5) is 5.13 Å². The Labute approximate surface area is 163 Å². The predicted molar refractivity (Wildman–Crippen MR) is 106 cm³/mol. The Morgan fingerprint density at radius 3 is 2.74 bits per heavy atom. The first-order valence-corrected chi connectivity index (χ1v) is 9.91. The van der Waals surface area contributed by atoms with Crippen molar-refractivity contribution in [1.29, 1.82) is 0 Å². The standard InChI is InChI=1S/C19H25N3O4S/c1-4-21(5-2)8-9-22(18(23)16-13-25-10-11-26-16)19-20-15-12-14(24-3)6-7-17(15)27-19/h6-7,12-13H,4-5,8-11H2,1-3H3. The van der Waals surface area contributed by atoms with Gasteiger partial charge in [0.05, 0.1) is 17.3 Å². The zero-order chi connectivity index (χ0) is 19.2. The summed E-state index contributed by atoms with van der Waals surface area (Å²) in [5, 5.41) is 0.644. The summed E-state index contributed by atoms with van der Waals surface area (Å²) in [6, 6.07) is 5.73. The van der Waals surface area contributed by atoms with Gasteiger partial charge < -0.3 is 19.1 Å². The Kier molecular flexibility index (Phi) is 6.52. The van der Waals surface area contributed by atoms with E-state index < -0.39 is 0 Å². The molecule has 146 valence electrons. The third-order valence-electron chi connectivity index (χ3n) is 4.45. The van der Waals surface area contributed by atoms with Crippen molar-refractivity contribution in [2.24, 2.45) is 0 Å². The Morgan fingerprint density at radius 1 is 1.26 bits per heavy atom. The van der Waals surface area contributed by atoms with Crippen LogP contribution in [0.15, 0.2) is 30.2 Å². The van der Waals surface area contributed by atoms with Gasteiger partial charge in [-0.1, -0.05) is 25.2 Å². The van der Waals surface area contributed by atoms with Crippen LogP contribution >= 0.6 is 11.3 Å². The number of nitrogens with zero attached hydrogens (tertiary/aromatic N) is 3. The van der Waals surface area contributed by atoms with E-state index >= 15 is 0 Å². The number of benzene rings is 1. The van der Waals surface area contributed by atoms with Crippen molar-refractivity contribution >= 4 is 32.6 Å². The van der Waals surface area contributed by atoms with E-state index in [0.717, 1.165) is 35.6 Å². The van der Waals surface area contributed by atoms with Crippen molar-refractivity contribution in [3.63, 3.8) is 0 Å². The van der Waals surface area contributed by atoms with Gasteiger partial charge in [-0.15, -0.1) is 0 Å². The minimum absolute atomic E-state index is 0.220. The normalized spacial score (nSPS) is 13.9. The molecule has 0 saturated carbocycles. The van der Waals surface area contributed by atoms with Crippen molar-refractivity contribution in [1.82, 2.24) is 9.88 Å². The number of thiazole rings is 1. The van der Waals surface area contributed by atoms with E-state index in [-0.39, 0.29) is 11.7 Å². The van der Waals surface area contributed by atoms with Crippen LogP contribution in [0.3, 0.4) is 0 Å². The van der Waals surface area contributed by atoms with Gasteiger partial charge in [0.2, 0.25) is 5.76 Å². The lowest BCUT2D eigenvalue weighted by atomic mass is 10.3. The SMILES string of the molecule is CCN(CC)CCN(C(=O)C1=COCCO1)c1nc2cc(OC)ccc2s1. The Bertz CT molecular complexity index is 816.